The van der Waals surface area contributed by atoms with Gasteiger partial charge >= 0.3 is 10.3 Å². The Morgan fingerprint density at radius 1 is 1.39 bits per heavy atom. The molecule has 3 heterocycles. The van der Waals surface area contributed by atoms with Gasteiger partial charge in [-0.2, -0.15) is 8.42 Å². The van der Waals surface area contributed by atoms with E-state index in [1.54, 1.807) is 18.2 Å². The SMILES string of the molecule is N[C@H](c1cccc(Br)n1)c1cc(C(=O)c2cncnc2N[C@@H]2C[C@H](COS(N)(=O)=O)[C@@H](O)C2)sc1Cl. The van der Waals surface area contributed by atoms with E-state index in [2.05, 4.69) is 40.4 Å². The van der Waals surface area contributed by atoms with Gasteiger partial charge in [0.1, 0.15) is 16.7 Å². The molecule has 1 aliphatic carbocycles. The molecular formula is C21H22BrClN6O5S2. The molecule has 192 valence electrons. The summed E-state index contributed by atoms with van der Waals surface area (Å²) in [5.74, 6) is -0.517. The number of carbonyl (C=O) groups excluding carboxylic acids is 1. The van der Waals surface area contributed by atoms with Crippen molar-refractivity contribution in [1.82, 2.24) is 15.0 Å². The quantitative estimate of drug-likeness (QED) is 0.205. The molecule has 36 heavy (non-hydrogen) atoms. The normalized spacial score (nSPS) is 20.9. The topological polar surface area (TPSA) is 183 Å². The van der Waals surface area contributed by atoms with Crippen LogP contribution >= 0.6 is 38.9 Å². The zero-order chi connectivity index (χ0) is 26.0. The number of aromatic nitrogens is 3. The number of hydrogen-bond donors (Lipinski definition) is 4. The highest BCUT2D eigenvalue weighted by Crippen LogP contribution is 2.36. The van der Waals surface area contributed by atoms with Crippen LogP contribution in [0.5, 0.6) is 0 Å². The fourth-order valence-corrected chi connectivity index (χ4v) is 6.01. The van der Waals surface area contributed by atoms with Crippen molar-refractivity contribution in [2.75, 3.05) is 11.9 Å². The molecule has 0 saturated heterocycles. The third-order valence-electron chi connectivity index (χ3n) is 5.73. The Morgan fingerprint density at radius 2 is 2.17 bits per heavy atom. The largest absolute Gasteiger partial charge is 0.393 e. The van der Waals surface area contributed by atoms with Crippen molar-refractivity contribution < 1.29 is 22.5 Å². The Hall–Kier alpha value is -2.04. The lowest BCUT2D eigenvalue weighted by Crippen LogP contribution is -2.24. The number of anilines is 1. The highest BCUT2D eigenvalue weighted by Gasteiger charge is 2.35. The van der Waals surface area contributed by atoms with Crippen LogP contribution in [0.25, 0.3) is 0 Å². The highest BCUT2D eigenvalue weighted by molar-refractivity contribution is 9.10. The maximum atomic E-state index is 13.4. The molecule has 1 aliphatic rings. The first-order chi connectivity index (χ1) is 17.0. The number of carbonyl (C=O) groups is 1. The van der Waals surface area contributed by atoms with Crippen molar-refractivity contribution in [2.24, 2.45) is 16.8 Å². The zero-order valence-electron chi connectivity index (χ0n) is 18.5. The van der Waals surface area contributed by atoms with E-state index >= 15 is 0 Å². The van der Waals surface area contributed by atoms with Gasteiger partial charge in [0.05, 0.1) is 39.2 Å². The number of hydrogen-bond acceptors (Lipinski definition) is 11. The van der Waals surface area contributed by atoms with Gasteiger partial charge < -0.3 is 16.2 Å². The second-order valence-electron chi connectivity index (χ2n) is 8.23. The zero-order valence-corrected chi connectivity index (χ0v) is 22.5. The number of nitrogens with two attached hydrogens (primary N) is 2. The van der Waals surface area contributed by atoms with Gasteiger partial charge in [0, 0.05) is 23.7 Å². The van der Waals surface area contributed by atoms with Crippen molar-refractivity contribution in [3.8, 4) is 0 Å². The number of ketones is 1. The molecule has 11 nitrogen and oxygen atoms in total. The first-order valence-corrected chi connectivity index (χ1v) is 14.1. The minimum atomic E-state index is -4.11. The Kier molecular flexibility index (Phi) is 8.36. The molecule has 3 aromatic rings. The van der Waals surface area contributed by atoms with Gasteiger partial charge in [-0.15, -0.1) is 11.3 Å². The number of rotatable bonds is 9. The van der Waals surface area contributed by atoms with E-state index in [1.165, 1.54) is 12.5 Å². The Labute approximate surface area is 224 Å². The maximum absolute atomic E-state index is 13.4. The predicted octanol–water partition coefficient (Wildman–Crippen LogP) is 2.40. The van der Waals surface area contributed by atoms with Crippen LogP contribution in [-0.2, 0) is 14.5 Å². The first kappa shape index (κ1) is 27.0. The van der Waals surface area contributed by atoms with E-state index in [0.29, 0.717) is 37.9 Å². The lowest BCUT2D eigenvalue weighted by Gasteiger charge is -2.15. The number of pyridine rings is 1. The summed E-state index contributed by atoms with van der Waals surface area (Å²) in [6.07, 6.45) is 2.58. The van der Waals surface area contributed by atoms with Crippen molar-refractivity contribution in [2.45, 2.75) is 31.0 Å². The standard InChI is InChI=1S/C21H22BrClN6O5S2/c22-17-3-1-2-14(29-17)18(24)12-6-16(35-20(12)23)19(31)13-7-26-9-27-21(13)28-11-4-10(15(30)5-11)8-34-36(25,32)33/h1-3,6-7,9-11,15,18,30H,4-5,8,24H2,(H2,25,32,33)(H,26,27,28)/t10-,11-,15+,18+/m1/s1. The van der Waals surface area contributed by atoms with Gasteiger partial charge in [-0.05, 0) is 47.0 Å². The molecule has 1 saturated carbocycles. The van der Waals surface area contributed by atoms with E-state index in [4.69, 9.17) is 22.5 Å². The van der Waals surface area contributed by atoms with Crippen molar-refractivity contribution in [1.29, 1.82) is 0 Å². The predicted molar refractivity (Wildman–Crippen MR) is 138 cm³/mol. The van der Waals surface area contributed by atoms with Crippen molar-refractivity contribution in [3.05, 3.63) is 67.4 Å². The summed E-state index contributed by atoms with van der Waals surface area (Å²) in [5.41, 5.74) is 7.74. The number of thiophene rings is 1. The van der Waals surface area contributed by atoms with Crippen LogP contribution < -0.4 is 16.2 Å². The summed E-state index contributed by atoms with van der Waals surface area (Å²) in [5, 5.41) is 18.3. The summed E-state index contributed by atoms with van der Waals surface area (Å²) in [4.78, 5) is 26.3. The van der Waals surface area contributed by atoms with Crippen molar-refractivity contribution in [3.63, 3.8) is 0 Å². The number of nitrogens with one attached hydrogen (secondary N) is 1. The van der Waals surface area contributed by atoms with E-state index < -0.39 is 28.4 Å². The number of aliphatic hydroxyl groups is 1. The Balaban J connectivity index is 1.51. The van der Waals surface area contributed by atoms with Crippen LogP contribution in [0.15, 0.2) is 41.4 Å². The third kappa shape index (κ3) is 6.44. The van der Waals surface area contributed by atoms with Gasteiger partial charge in [0.15, 0.2) is 0 Å². The minimum absolute atomic E-state index is 0.217. The molecule has 4 atom stereocenters. The smallest absolute Gasteiger partial charge is 0.333 e. The van der Waals surface area contributed by atoms with Crippen LogP contribution in [0.4, 0.5) is 5.82 Å². The minimum Gasteiger partial charge on any atom is -0.393 e. The lowest BCUT2D eigenvalue weighted by molar-refractivity contribution is 0.101. The third-order valence-corrected chi connectivity index (χ3v) is 8.02. The average molecular weight is 618 g/mol. The molecule has 4 rings (SSSR count). The average Bonchev–Trinajstić information content (AvgIpc) is 3.38. The molecule has 1 fully saturated rings. The van der Waals surface area contributed by atoms with E-state index in [0.717, 1.165) is 11.3 Å². The number of halogens is 2. The molecular weight excluding hydrogens is 596 g/mol. The molecule has 0 unspecified atom stereocenters. The second kappa shape index (κ2) is 11.1. The Bertz CT molecular complexity index is 1370. The summed E-state index contributed by atoms with van der Waals surface area (Å²) in [6.45, 7) is -0.239. The molecule has 0 aromatic carbocycles. The lowest BCUT2D eigenvalue weighted by atomic mass is 10.1. The molecule has 0 bridgehead atoms. The van der Waals surface area contributed by atoms with Gasteiger partial charge in [0.25, 0.3) is 0 Å². The van der Waals surface area contributed by atoms with E-state index in [1.807, 2.05) is 6.07 Å². The summed E-state index contributed by atoms with van der Waals surface area (Å²) in [7, 11) is -4.11. The van der Waals surface area contributed by atoms with Crippen LogP contribution in [-0.4, -0.2) is 53.0 Å². The first-order valence-electron chi connectivity index (χ1n) is 10.7. The number of nitrogens with zero attached hydrogens (tertiary/aromatic N) is 3. The summed E-state index contributed by atoms with van der Waals surface area (Å²) in [6, 6.07) is 6.09. The molecule has 0 aliphatic heterocycles. The second-order valence-corrected chi connectivity index (χ2v) is 11.9. The van der Waals surface area contributed by atoms with E-state index in [9.17, 15) is 18.3 Å². The highest BCUT2D eigenvalue weighted by atomic mass is 79.9. The summed E-state index contributed by atoms with van der Waals surface area (Å²) < 4.78 is 27.8. The molecule has 0 radical (unpaired) electrons. The van der Waals surface area contributed by atoms with Crippen LogP contribution in [0.2, 0.25) is 4.34 Å². The van der Waals surface area contributed by atoms with Crippen LogP contribution in [0.3, 0.4) is 0 Å². The summed E-state index contributed by atoms with van der Waals surface area (Å²) >= 11 is 10.9. The maximum Gasteiger partial charge on any atom is 0.333 e. The number of aliphatic hydroxyl groups excluding tert-OH is 1. The molecule has 3 aromatic heterocycles. The van der Waals surface area contributed by atoms with E-state index in [-0.39, 0.29) is 29.8 Å². The van der Waals surface area contributed by atoms with Crippen LogP contribution in [0, 0.1) is 5.92 Å². The molecule has 0 amide bonds. The fourth-order valence-electron chi connectivity index (χ4n) is 3.98. The Morgan fingerprint density at radius 3 is 2.89 bits per heavy atom. The van der Waals surface area contributed by atoms with Crippen molar-refractivity contribution >= 4 is 60.8 Å². The molecule has 6 N–H and O–H groups in total. The van der Waals surface area contributed by atoms with Gasteiger partial charge in [-0.25, -0.2) is 20.1 Å². The fraction of sp³-hybridized carbons (Fsp3) is 0.333. The molecule has 0 spiro atoms. The van der Waals surface area contributed by atoms with Gasteiger partial charge in [0.2, 0.25) is 5.78 Å². The molecule has 15 heteroatoms. The monoisotopic (exact) mass is 616 g/mol. The van der Waals surface area contributed by atoms with Crippen LogP contribution in [0.1, 0.15) is 45.4 Å². The van der Waals surface area contributed by atoms with Gasteiger partial charge in [-0.1, -0.05) is 17.7 Å². The van der Waals surface area contributed by atoms with Gasteiger partial charge in [-0.3, -0.25) is 8.98 Å².